The van der Waals surface area contributed by atoms with E-state index in [1.54, 1.807) is 0 Å². The molecule has 0 aromatic carbocycles. The summed E-state index contributed by atoms with van der Waals surface area (Å²) in [6.45, 7) is 21.5. The number of fused-ring (bicyclic) bond motifs is 5. The molecule has 0 heterocycles. The molecule has 0 spiro atoms. The van der Waals surface area contributed by atoms with Gasteiger partial charge in [0.05, 0.1) is 17.3 Å². The van der Waals surface area contributed by atoms with Gasteiger partial charge in [-0.05, 0) is 131 Å². The Bertz CT molecular complexity index is 970. The molecule has 0 bridgehead atoms. The molecule has 0 saturated heterocycles. The molecule has 4 rings (SSSR count). The predicted octanol–water partition coefficient (Wildman–Crippen LogP) is 6.23. The lowest BCUT2D eigenvalue weighted by atomic mass is 9.35. The smallest absolute Gasteiger partial charge is 0.323 e. The zero-order chi connectivity index (χ0) is 31.0. The molecule has 4 saturated carbocycles. The summed E-state index contributed by atoms with van der Waals surface area (Å²) in [6, 6.07) is -0.596. The highest BCUT2D eigenvalue weighted by atomic mass is 16.5. The van der Waals surface area contributed by atoms with Gasteiger partial charge in [0.2, 0.25) is 0 Å². The molecule has 0 aromatic heterocycles. The Kier molecular flexibility index (Phi) is 8.69. The standard InChI is InChI=1S/C35H63NO5/c1-21(2)28(36)29(38)41-26-14-17-32(7)24(31(26,5)6)13-19-33(8)25(32)20-23(37)27-22(12-18-34(27,33)9)35(10,40)16-11-15-30(3,4)39/h21-28,37,39-40H,11-20,36H2,1-10H3/t22-,23+,24-,25+,26-,27-,28-,32-,33+,34+,35+/m0/s1. The fourth-order valence-corrected chi connectivity index (χ4v) is 11.2. The zero-order valence-electron chi connectivity index (χ0n) is 27.9. The van der Waals surface area contributed by atoms with Gasteiger partial charge in [-0.1, -0.05) is 48.5 Å². The molecular formula is C35H63NO5. The normalized spacial score (nSPS) is 44.4. The number of aliphatic hydroxyl groups is 3. The van der Waals surface area contributed by atoms with E-state index in [9.17, 15) is 20.1 Å². The van der Waals surface area contributed by atoms with Crippen LogP contribution in [-0.4, -0.2) is 50.7 Å². The Morgan fingerprint density at radius 3 is 2.12 bits per heavy atom. The Balaban J connectivity index is 1.58. The average Bonchev–Trinajstić information content (AvgIpc) is 3.21. The number of ether oxygens (including phenoxy) is 1. The van der Waals surface area contributed by atoms with Crippen LogP contribution in [0.2, 0.25) is 0 Å². The molecule has 5 N–H and O–H groups in total. The van der Waals surface area contributed by atoms with Gasteiger partial charge < -0.3 is 25.8 Å². The molecule has 11 atom stereocenters. The van der Waals surface area contributed by atoms with Gasteiger partial charge in [-0.15, -0.1) is 0 Å². The van der Waals surface area contributed by atoms with Crippen molar-refractivity contribution < 1.29 is 24.9 Å². The highest BCUT2D eigenvalue weighted by Crippen LogP contribution is 2.76. The number of hydrogen-bond donors (Lipinski definition) is 4. The Labute approximate surface area is 250 Å². The number of carbonyl (C=O) groups is 1. The summed E-state index contributed by atoms with van der Waals surface area (Å²) in [4.78, 5) is 12.9. The van der Waals surface area contributed by atoms with E-state index in [1.165, 1.54) is 0 Å². The van der Waals surface area contributed by atoms with Crippen molar-refractivity contribution in [3.63, 3.8) is 0 Å². The molecule has 0 aromatic rings. The summed E-state index contributed by atoms with van der Waals surface area (Å²) in [6.07, 6.45) is 8.26. The third-order valence-corrected chi connectivity index (χ3v) is 13.8. The first-order valence-electron chi connectivity index (χ1n) is 16.7. The third kappa shape index (κ3) is 5.44. The second-order valence-electron chi connectivity index (χ2n) is 17.5. The summed E-state index contributed by atoms with van der Waals surface area (Å²) in [5.74, 6) is 0.664. The van der Waals surface area contributed by atoms with Crippen molar-refractivity contribution in [2.45, 2.75) is 163 Å². The molecule has 0 aliphatic heterocycles. The fourth-order valence-electron chi connectivity index (χ4n) is 11.2. The SMILES string of the molecule is CC(C)[C@H](N)C(=O)O[C@H]1CC[C@]2(C)[C@H]3C[C@@H](O)[C@@H]4[C@@H]([C@](C)(O)CCCC(C)(C)O)CC[C@@]4(C)[C@]3(C)CC[C@H]2C1(C)C. The number of esters is 1. The molecule has 0 unspecified atom stereocenters. The largest absolute Gasteiger partial charge is 0.461 e. The third-order valence-electron chi connectivity index (χ3n) is 13.8. The van der Waals surface area contributed by atoms with Crippen LogP contribution in [0.3, 0.4) is 0 Å². The minimum Gasteiger partial charge on any atom is -0.461 e. The molecule has 6 nitrogen and oxygen atoms in total. The zero-order valence-corrected chi connectivity index (χ0v) is 27.9. The quantitative estimate of drug-likeness (QED) is 0.254. The number of rotatable bonds is 8. The van der Waals surface area contributed by atoms with Crippen molar-refractivity contribution >= 4 is 5.97 Å². The minimum absolute atomic E-state index is 0.0435. The number of nitrogens with two attached hydrogens (primary N) is 1. The summed E-state index contributed by atoms with van der Waals surface area (Å²) in [5, 5.41) is 34.0. The number of aliphatic hydroxyl groups excluding tert-OH is 1. The monoisotopic (exact) mass is 577 g/mol. The van der Waals surface area contributed by atoms with E-state index < -0.39 is 23.3 Å². The van der Waals surface area contributed by atoms with E-state index in [1.807, 2.05) is 34.6 Å². The summed E-state index contributed by atoms with van der Waals surface area (Å²) < 4.78 is 6.14. The van der Waals surface area contributed by atoms with Crippen LogP contribution >= 0.6 is 0 Å². The molecule has 4 fully saturated rings. The van der Waals surface area contributed by atoms with Crippen molar-refractivity contribution in [1.82, 2.24) is 0 Å². The highest BCUT2D eigenvalue weighted by Gasteiger charge is 2.71. The van der Waals surface area contributed by atoms with Crippen molar-refractivity contribution in [3.05, 3.63) is 0 Å². The van der Waals surface area contributed by atoms with Gasteiger partial charge in [0.25, 0.3) is 0 Å². The lowest BCUT2D eigenvalue weighted by molar-refractivity contribution is -0.249. The molecule has 0 radical (unpaired) electrons. The fraction of sp³-hybridized carbons (Fsp3) is 0.971. The van der Waals surface area contributed by atoms with Gasteiger partial charge in [0.1, 0.15) is 12.1 Å². The van der Waals surface area contributed by atoms with Crippen LogP contribution in [-0.2, 0) is 9.53 Å². The van der Waals surface area contributed by atoms with Gasteiger partial charge in [0.15, 0.2) is 0 Å². The van der Waals surface area contributed by atoms with Gasteiger partial charge in [-0.25, -0.2) is 0 Å². The average molecular weight is 578 g/mol. The highest BCUT2D eigenvalue weighted by molar-refractivity contribution is 5.76. The predicted molar refractivity (Wildman–Crippen MR) is 164 cm³/mol. The summed E-state index contributed by atoms with van der Waals surface area (Å²) in [5.41, 5.74) is 4.46. The minimum atomic E-state index is -0.861. The maximum absolute atomic E-state index is 12.9. The lowest BCUT2D eigenvalue weighted by Gasteiger charge is -2.70. The summed E-state index contributed by atoms with van der Waals surface area (Å²) >= 11 is 0. The maximum atomic E-state index is 12.9. The molecular weight excluding hydrogens is 514 g/mol. The number of carbonyl (C=O) groups excluding carboxylic acids is 1. The van der Waals surface area contributed by atoms with Crippen LogP contribution in [0.4, 0.5) is 0 Å². The Morgan fingerprint density at radius 1 is 0.927 bits per heavy atom. The van der Waals surface area contributed by atoms with Crippen LogP contribution in [0, 0.1) is 51.2 Å². The van der Waals surface area contributed by atoms with Crippen LogP contribution < -0.4 is 5.73 Å². The molecule has 4 aliphatic rings. The van der Waals surface area contributed by atoms with E-state index in [0.29, 0.717) is 24.7 Å². The first-order chi connectivity index (χ1) is 18.6. The van der Waals surface area contributed by atoms with E-state index in [-0.39, 0.29) is 51.5 Å². The maximum Gasteiger partial charge on any atom is 0.323 e. The second kappa shape index (κ2) is 10.7. The van der Waals surface area contributed by atoms with Crippen LogP contribution in [0.5, 0.6) is 0 Å². The van der Waals surface area contributed by atoms with Crippen molar-refractivity contribution in [3.8, 4) is 0 Å². The molecule has 0 amide bonds. The van der Waals surface area contributed by atoms with Crippen molar-refractivity contribution in [2.75, 3.05) is 0 Å². The van der Waals surface area contributed by atoms with Crippen molar-refractivity contribution in [2.24, 2.45) is 57.0 Å². The Morgan fingerprint density at radius 2 is 1.54 bits per heavy atom. The van der Waals surface area contributed by atoms with Gasteiger partial charge in [0, 0.05) is 5.41 Å². The molecule has 6 heteroatoms. The second-order valence-corrected chi connectivity index (χ2v) is 17.5. The Hall–Kier alpha value is -0.690. The van der Waals surface area contributed by atoms with E-state index >= 15 is 0 Å². The molecule has 238 valence electrons. The van der Waals surface area contributed by atoms with Gasteiger partial charge >= 0.3 is 5.97 Å². The van der Waals surface area contributed by atoms with E-state index in [4.69, 9.17) is 10.5 Å². The van der Waals surface area contributed by atoms with Crippen LogP contribution in [0.25, 0.3) is 0 Å². The van der Waals surface area contributed by atoms with Gasteiger partial charge in [-0.3, -0.25) is 4.79 Å². The molecule has 4 aliphatic carbocycles. The van der Waals surface area contributed by atoms with E-state index in [0.717, 1.165) is 51.4 Å². The first kappa shape index (κ1) is 33.2. The summed E-state index contributed by atoms with van der Waals surface area (Å²) in [7, 11) is 0. The first-order valence-corrected chi connectivity index (χ1v) is 16.7. The van der Waals surface area contributed by atoms with Gasteiger partial charge in [-0.2, -0.15) is 0 Å². The topological polar surface area (TPSA) is 113 Å². The lowest BCUT2D eigenvalue weighted by Crippen LogP contribution is -2.66. The van der Waals surface area contributed by atoms with Crippen LogP contribution in [0.15, 0.2) is 0 Å². The molecule has 41 heavy (non-hydrogen) atoms. The van der Waals surface area contributed by atoms with E-state index in [2.05, 4.69) is 34.6 Å². The van der Waals surface area contributed by atoms with Crippen molar-refractivity contribution in [1.29, 1.82) is 0 Å². The van der Waals surface area contributed by atoms with Crippen LogP contribution in [0.1, 0.15) is 133 Å². The number of hydrogen-bond acceptors (Lipinski definition) is 6.